The molecule has 2 rings (SSSR count). The molecule has 1 aromatic rings. The molecule has 0 aliphatic carbocycles. The number of thioether (sulfide) groups is 1. The lowest BCUT2D eigenvalue weighted by Crippen LogP contribution is -2.12. The molecule has 3 nitrogen and oxygen atoms in total. The third-order valence-corrected chi connectivity index (χ3v) is 4.20. The van der Waals surface area contributed by atoms with Crippen LogP contribution in [0.1, 0.15) is 24.0 Å². The van der Waals surface area contributed by atoms with E-state index in [0.29, 0.717) is 0 Å². The Morgan fingerprint density at radius 2 is 2.16 bits per heavy atom. The maximum Gasteiger partial charge on any atom is 0.248 e. The van der Waals surface area contributed by atoms with Crippen LogP contribution in [-0.4, -0.2) is 22.5 Å². The van der Waals surface area contributed by atoms with Gasteiger partial charge in [-0.3, -0.25) is 4.79 Å². The van der Waals surface area contributed by atoms with Crippen molar-refractivity contribution in [3.63, 3.8) is 0 Å². The zero-order valence-electron chi connectivity index (χ0n) is 11.1. The predicted molar refractivity (Wildman–Crippen MR) is 80.4 cm³/mol. The van der Waals surface area contributed by atoms with E-state index in [4.69, 9.17) is 5.11 Å². The fraction of sp³-hybridized carbons (Fsp3) is 0.400. The fourth-order valence-corrected chi connectivity index (χ4v) is 3.05. The monoisotopic (exact) mass is 277 g/mol. The maximum absolute atomic E-state index is 12.0. The van der Waals surface area contributed by atoms with Crippen LogP contribution in [0, 0.1) is 6.92 Å². The Bertz CT molecular complexity index is 489. The van der Waals surface area contributed by atoms with E-state index < -0.39 is 0 Å². The van der Waals surface area contributed by atoms with E-state index >= 15 is 0 Å². The second-order valence-electron chi connectivity index (χ2n) is 4.71. The van der Waals surface area contributed by atoms with Gasteiger partial charge >= 0.3 is 0 Å². The van der Waals surface area contributed by atoms with Crippen molar-refractivity contribution in [3.05, 3.63) is 41.0 Å². The molecule has 1 aromatic carbocycles. The number of benzene rings is 1. The maximum atomic E-state index is 12.0. The molecule has 102 valence electrons. The highest BCUT2D eigenvalue weighted by atomic mass is 32.2. The predicted octanol–water partition coefficient (Wildman–Crippen LogP) is 2.88. The fourth-order valence-electron chi connectivity index (χ4n) is 2.03. The van der Waals surface area contributed by atoms with E-state index in [1.807, 2.05) is 36.9 Å². The van der Waals surface area contributed by atoms with E-state index in [0.717, 1.165) is 41.2 Å². The van der Waals surface area contributed by atoms with Gasteiger partial charge in [0.25, 0.3) is 0 Å². The standard InChI is InChI=1S/C15H19NO2S/c1-11-2-3-13(10-17)8-14(11)16-15(18)9-12-4-6-19-7-5-12/h2-3,8-9,17H,4-7,10H2,1H3,(H,16,18). The molecule has 0 radical (unpaired) electrons. The molecule has 0 aromatic heterocycles. The van der Waals surface area contributed by atoms with Crippen LogP contribution in [0.5, 0.6) is 0 Å². The molecule has 0 saturated carbocycles. The van der Waals surface area contributed by atoms with E-state index in [-0.39, 0.29) is 12.5 Å². The Balaban J connectivity index is 2.05. The van der Waals surface area contributed by atoms with E-state index in [1.54, 1.807) is 6.08 Å². The van der Waals surface area contributed by atoms with Gasteiger partial charge in [0.2, 0.25) is 5.91 Å². The highest BCUT2D eigenvalue weighted by Crippen LogP contribution is 2.22. The highest BCUT2D eigenvalue weighted by molar-refractivity contribution is 7.99. The normalized spacial score (nSPS) is 15.2. The summed E-state index contributed by atoms with van der Waals surface area (Å²) in [5, 5.41) is 12.0. The number of aryl methyl sites for hydroxylation is 1. The van der Waals surface area contributed by atoms with Crippen molar-refractivity contribution in [2.24, 2.45) is 0 Å². The quantitative estimate of drug-likeness (QED) is 0.835. The van der Waals surface area contributed by atoms with Crippen LogP contribution in [0.15, 0.2) is 29.8 Å². The molecule has 1 heterocycles. The van der Waals surface area contributed by atoms with Crippen molar-refractivity contribution >= 4 is 23.4 Å². The van der Waals surface area contributed by atoms with Crippen LogP contribution in [0.2, 0.25) is 0 Å². The molecule has 1 saturated heterocycles. The second-order valence-corrected chi connectivity index (χ2v) is 5.94. The first kappa shape index (κ1) is 14.2. The van der Waals surface area contributed by atoms with Gasteiger partial charge in [0, 0.05) is 11.8 Å². The summed E-state index contributed by atoms with van der Waals surface area (Å²) in [7, 11) is 0. The number of hydrogen-bond acceptors (Lipinski definition) is 3. The number of anilines is 1. The van der Waals surface area contributed by atoms with Gasteiger partial charge in [-0.25, -0.2) is 0 Å². The Kier molecular flexibility index (Phi) is 5.05. The number of aliphatic hydroxyl groups excluding tert-OH is 1. The van der Waals surface area contributed by atoms with Crippen LogP contribution in [0.4, 0.5) is 5.69 Å². The van der Waals surface area contributed by atoms with Gasteiger partial charge in [0.05, 0.1) is 6.61 Å². The summed E-state index contributed by atoms with van der Waals surface area (Å²) in [5.41, 5.74) is 3.82. The largest absolute Gasteiger partial charge is 0.392 e. The SMILES string of the molecule is Cc1ccc(CO)cc1NC(=O)C=C1CCSCC1. The van der Waals surface area contributed by atoms with Gasteiger partial charge in [-0.2, -0.15) is 11.8 Å². The molecule has 0 spiro atoms. The zero-order valence-corrected chi connectivity index (χ0v) is 11.9. The molecule has 4 heteroatoms. The van der Waals surface area contributed by atoms with Crippen LogP contribution >= 0.6 is 11.8 Å². The van der Waals surface area contributed by atoms with Gasteiger partial charge in [-0.1, -0.05) is 17.7 Å². The zero-order chi connectivity index (χ0) is 13.7. The topological polar surface area (TPSA) is 49.3 Å². The summed E-state index contributed by atoms with van der Waals surface area (Å²) in [4.78, 5) is 12.0. The average molecular weight is 277 g/mol. The number of hydrogen-bond donors (Lipinski definition) is 2. The number of carbonyl (C=O) groups is 1. The summed E-state index contributed by atoms with van der Waals surface area (Å²) < 4.78 is 0. The lowest BCUT2D eigenvalue weighted by Gasteiger charge is -2.13. The number of aliphatic hydroxyl groups is 1. The number of nitrogens with one attached hydrogen (secondary N) is 1. The van der Waals surface area contributed by atoms with Crippen molar-refractivity contribution in [1.82, 2.24) is 0 Å². The first-order valence-corrected chi connectivity index (χ1v) is 7.63. The molecule has 0 bridgehead atoms. The molecule has 1 aliphatic rings. The first-order valence-electron chi connectivity index (χ1n) is 6.47. The molecule has 19 heavy (non-hydrogen) atoms. The number of amides is 1. The molecular formula is C15H19NO2S. The summed E-state index contributed by atoms with van der Waals surface area (Å²) in [5.74, 6) is 2.15. The molecule has 0 atom stereocenters. The minimum absolute atomic E-state index is 0.0124. The molecule has 2 N–H and O–H groups in total. The average Bonchev–Trinajstić information content (AvgIpc) is 2.42. The van der Waals surface area contributed by atoms with Crippen molar-refractivity contribution < 1.29 is 9.90 Å². The molecule has 1 aliphatic heterocycles. The van der Waals surface area contributed by atoms with Gasteiger partial charge in [0.15, 0.2) is 0 Å². The summed E-state index contributed by atoms with van der Waals surface area (Å²) in [6, 6.07) is 5.59. The first-order chi connectivity index (χ1) is 9.19. The summed E-state index contributed by atoms with van der Waals surface area (Å²) >= 11 is 1.94. The number of carbonyl (C=O) groups excluding carboxylic acids is 1. The molecule has 1 fully saturated rings. The lowest BCUT2D eigenvalue weighted by atomic mass is 10.1. The molecule has 1 amide bonds. The summed E-state index contributed by atoms with van der Waals surface area (Å²) in [6.07, 6.45) is 3.74. The third kappa shape index (κ3) is 4.11. The van der Waals surface area contributed by atoms with Gasteiger partial charge < -0.3 is 10.4 Å². The van der Waals surface area contributed by atoms with E-state index in [9.17, 15) is 4.79 Å². The Morgan fingerprint density at radius 3 is 2.84 bits per heavy atom. The Hall–Kier alpha value is -1.26. The van der Waals surface area contributed by atoms with Crippen molar-refractivity contribution in [2.45, 2.75) is 26.4 Å². The van der Waals surface area contributed by atoms with Crippen LogP contribution in [-0.2, 0) is 11.4 Å². The van der Waals surface area contributed by atoms with Gasteiger partial charge in [-0.05, 0) is 48.5 Å². The number of rotatable bonds is 3. The smallest absolute Gasteiger partial charge is 0.248 e. The van der Waals surface area contributed by atoms with E-state index in [1.165, 1.54) is 5.57 Å². The van der Waals surface area contributed by atoms with Crippen LogP contribution in [0.3, 0.4) is 0 Å². The van der Waals surface area contributed by atoms with E-state index in [2.05, 4.69) is 5.32 Å². The second kappa shape index (κ2) is 6.78. The Morgan fingerprint density at radius 1 is 1.42 bits per heavy atom. The number of allylic oxidation sites excluding steroid dienone is 1. The highest BCUT2D eigenvalue weighted by Gasteiger charge is 2.09. The van der Waals surface area contributed by atoms with Crippen molar-refractivity contribution in [3.8, 4) is 0 Å². The van der Waals surface area contributed by atoms with Crippen molar-refractivity contribution in [2.75, 3.05) is 16.8 Å². The molecular weight excluding hydrogens is 258 g/mol. The van der Waals surface area contributed by atoms with Crippen LogP contribution in [0.25, 0.3) is 0 Å². The lowest BCUT2D eigenvalue weighted by molar-refractivity contribution is -0.112. The van der Waals surface area contributed by atoms with Gasteiger partial charge in [-0.15, -0.1) is 0 Å². The van der Waals surface area contributed by atoms with Crippen LogP contribution < -0.4 is 5.32 Å². The molecule has 0 unspecified atom stereocenters. The summed E-state index contributed by atoms with van der Waals surface area (Å²) in [6.45, 7) is 1.93. The minimum atomic E-state index is -0.0694. The van der Waals surface area contributed by atoms with Gasteiger partial charge in [0.1, 0.15) is 0 Å². The van der Waals surface area contributed by atoms with Crippen molar-refractivity contribution in [1.29, 1.82) is 0 Å². The Labute approximate surface area is 118 Å². The third-order valence-electron chi connectivity index (χ3n) is 3.21. The minimum Gasteiger partial charge on any atom is -0.392 e.